The van der Waals surface area contributed by atoms with Crippen LogP contribution in [-0.2, 0) is 12.0 Å². The van der Waals surface area contributed by atoms with Crippen molar-refractivity contribution in [2.75, 3.05) is 13.0 Å². The first-order chi connectivity index (χ1) is 10.2. The highest BCUT2D eigenvalue weighted by atomic mass is 35.5. The Morgan fingerprint density at radius 3 is 2.71 bits per heavy atom. The number of benzene rings is 1. The monoisotopic (exact) mass is 306 g/mol. The molecule has 1 aromatic heterocycles. The highest BCUT2D eigenvalue weighted by Gasteiger charge is 2.32. The van der Waals surface area contributed by atoms with Crippen LogP contribution in [0.4, 0.5) is 0 Å². The van der Waals surface area contributed by atoms with E-state index in [9.17, 15) is 0 Å². The number of nitrogens with zero attached hydrogens (tertiary/aromatic N) is 2. The first kappa shape index (κ1) is 14.7. The number of methoxy groups -OCH3 is 1. The molecule has 3 nitrogen and oxygen atoms in total. The van der Waals surface area contributed by atoms with Gasteiger partial charge in [0.05, 0.1) is 12.6 Å². The van der Waals surface area contributed by atoms with Gasteiger partial charge < -0.3 is 9.30 Å². The average Bonchev–Trinajstić information content (AvgIpc) is 2.87. The minimum absolute atomic E-state index is 0.154. The lowest BCUT2D eigenvalue weighted by molar-refractivity contribution is 0.219. The summed E-state index contributed by atoms with van der Waals surface area (Å²) in [5, 5.41) is 0. The molecule has 0 radical (unpaired) electrons. The Kier molecular flexibility index (Phi) is 4.12. The molecule has 3 rings (SSSR count). The number of hydrogen-bond acceptors (Lipinski definition) is 2. The lowest BCUT2D eigenvalue weighted by atomic mass is 9.82. The van der Waals surface area contributed by atoms with E-state index >= 15 is 0 Å². The fourth-order valence-electron chi connectivity index (χ4n) is 3.68. The van der Waals surface area contributed by atoms with Crippen LogP contribution in [0.2, 0.25) is 0 Å². The van der Waals surface area contributed by atoms with Crippen LogP contribution in [0.5, 0.6) is 5.75 Å². The first-order valence-corrected chi connectivity index (χ1v) is 8.34. The van der Waals surface area contributed by atoms with Crippen LogP contribution in [0.1, 0.15) is 44.9 Å². The van der Waals surface area contributed by atoms with Crippen molar-refractivity contribution >= 4 is 22.6 Å². The third-order valence-corrected chi connectivity index (χ3v) is 4.92. The van der Waals surface area contributed by atoms with Gasteiger partial charge >= 0.3 is 0 Å². The molecule has 21 heavy (non-hydrogen) atoms. The van der Waals surface area contributed by atoms with Gasteiger partial charge in [0.2, 0.25) is 0 Å². The summed E-state index contributed by atoms with van der Waals surface area (Å²) in [7, 11) is 1.71. The number of aryl methyl sites for hydroxylation is 1. The largest absolute Gasteiger partial charge is 0.494 e. The summed E-state index contributed by atoms with van der Waals surface area (Å²) in [5.41, 5.74) is 2.30. The molecule has 0 N–H and O–H groups in total. The van der Waals surface area contributed by atoms with E-state index in [0.29, 0.717) is 5.88 Å². The second-order valence-corrected chi connectivity index (χ2v) is 6.57. The number of aromatic nitrogens is 2. The van der Waals surface area contributed by atoms with Crippen LogP contribution < -0.4 is 4.74 Å². The zero-order valence-corrected chi connectivity index (χ0v) is 13.6. The van der Waals surface area contributed by atoms with E-state index in [2.05, 4.69) is 23.6 Å². The zero-order valence-electron chi connectivity index (χ0n) is 12.9. The average molecular weight is 307 g/mol. The van der Waals surface area contributed by atoms with Crippen molar-refractivity contribution in [3.8, 4) is 5.75 Å². The molecule has 2 aromatic rings. The van der Waals surface area contributed by atoms with Gasteiger partial charge in [-0.15, -0.1) is 11.6 Å². The summed E-state index contributed by atoms with van der Waals surface area (Å²) in [6.45, 7) is 2.37. The third-order valence-electron chi connectivity index (χ3n) is 4.73. The van der Waals surface area contributed by atoms with Crippen LogP contribution >= 0.6 is 11.6 Å². The van der Waals surface area contributed by atoms with Crippen molar-refractivity contribution in [1.82, 2.24) is 9.55 Å². The molecule has 0 saturated heterocycles. The number of fused-ring (bicyclic) bond motifs is 1. The number of halogens is 1. The fraction of sp³-hybridized carbons (Fsp3) is 0.588. The molecule has 1 aliphatic rings. The lowest BCUT2D eigenvalue weighted by Crippen LogP contribution is -2.34. The molecule has 0 spiro atoms. The van der Waals surface area contributed by atoms with E-state index in [4.69, 9.17) is 21.3 Å². The van der Waals surface area contributed by atoms with Crippen LogP contribution in [0.15, 0.2) is 18.2 Å². The fourth-order valence-corrected chi connectivity index (χ4v) is 3.85. The van der Waals surface area contributed by atoms with Gasteiger partial charge in [-0.3, -0.25) is 0 Å². The van der Waals surface area contributed by atoms with Crippen LogP contribution in [0.3, 0.4) is 0 Å². The maximum absolute atomic E-state index is 6.01. The third kappa shape index (κ3) is 2.52. The van der Waals surface area contributed by atoms with Crippen molar-refractivity contribution in [2.45, 2.75) is 51.0 Å². The molecule has 4 heteroatoms. The van der Waals surface area contributed by atoms with Crippen molar-refractivity contribution < 1.29 is 4.74 Å². The van der Waals surface area contributed by atoms with E-state index in [1.807, 2.05) is 6.07 Å². The van der Waals surface area contributed by atoms with Gasteiger partial charge in [0.15, 0.2) is 0 Å². The van der Waals surface area contributed by atoms with Crippen molar-refractivity contribution in [1.29, 1.82) is 0 Å². The van der Waals surface area contributed by atoms with Gasteiger partial charge in [0.25, 0.3) is 0 Å². The van der Waals surface area contributed by atoms with Gasteiger partial charge in [0.1, 0.15) is 17.1 Å². The predicted molar refractivity (Wildman–Crippen MR) is 87.4 cm³/mol. The van der Waals surface area contributed by atoms with Crippen LogP contribution in [0.25, 0.3) is 11.0 Å². The van der Waals surface area contributed by atoms with E-state index < -0.39 is 0 Å². The Balaban J connectivity index is 2.20. The second-order valence-electron chi connectivity index (χ2n) is 6.19. The Morgan fingerprint density at radius 2 is 2.05 bits per heavy atom. The summed E-state index contributed by atoms with van der Waals surface area (Å²) in [6, 6.07) is 6.19. The molecule has 1 saturated carbocycles. The summed E-state index contributed by atoms with van der Waals surface area (Å²) in [6.07, 6.45) is 7.15. The van der Waals surface area contributed by atoms with Gasteiger partial charge in [-0.2, -0.15) is 0 Å². The van der Waals surface area contributed by atoms with E-state index in [0.717, 1.165) is 23.5 Å². The van der Waals surface area contributed by atoms with Crippen LogP contribution in [0, 0.1) is 0 Å². The van der Waals surface area contributed by atoms with Gasteiger partial charge in [0, 0.05) is 17.8 Å². The number of ether oxygens (including phenoxy) is 1. The Hall–Kier alpha value is -1.22. The molecule has 114 valence electrons. The van der Waals surface area contributed by atoms with Crippen LogP contribution in [-0.4, -0.2) is 22.5 Å². The minimum atomic E-state index is 0.154. The second kappa shape index (κ2) is 5.88. The maximum atomic E-state index is 6.01. The standard InChI is InChI=1S/C17H23ClN2O/c1-17(10-4-3-5-11-17)20-13-7-6-8-14(21-2)16(13)19-15(20)9-12-18/h6-8H,3-5,9-12H2,1-2H3. The molecule has 0 amide bonds. The van der Waals surface area contributed by atoms with E-state index in [1.54, 1.807) is 7.11 Å². The molecule has 0 unspecified atom stereocenters. The molecule has 0 atom stereocenters. The van der Waals surface area contributed by atoms with E-state index in [-0.39, 0.29) is 5.54 Å². The molecule has 0 bridgehead atoms. The molecule has 1 aromatic carbocycles. The Bertz CT molecular complexity index is 629. The Morgan fingerprint density at radius 1 is 1.29 bits per heavy atom. The molecular weight excluding hydrogens is 284 g/mol. The quantitative estimate of drug-likeness (QED) is 0.777. The number of alkyl halides is 1. The number of rotatable bonds is 4. The smallest absolute Gasteiger partial charge is 0.146 e. The topological polar surface area (TPSA) is 27.1 Å². The summed E-state index contributed by atoms with van der Waals surface area (Å²) < 4.78 is 7.92. The van der Waals surface area contributed by atoms with Crippen molar-refractivity contribution in [3.05, 3.63) is 24.0 Å². The Labute approximate surface area is 131 Å². The van der Waals surface area contributed by atoms with Crippen molar-refractivity contribution in [3.63, 3.8) is 0 Å². The zero-order chi connectivity index (χ0) is 14.9. The summed E-state index contributed by atoms with van der Waals surface area (Å²) in [5.74, 6) is 2.54. The normalized spacial score (nSPS) is 18.0. The molecule has 1 aliphatic carbocycles. The molecular formula is C17H23ClN2O. The maximum Gasteiger partial charge on any atom is 0.146 e. The van der Waals surface area contributed by atoms with Gasteiger partial charge in [-0.05, 0) is 31.9 Å². The summed E-state index contributed by atoms with van der Waals surface area (Å²) in [4.78, 5) is 4.85. The number of para-hydroxylation sites is 1. The SMILES string of the molecule is COc1cccc2c1nc(CCCl)n2C1(C)CCCCC1. The number of hydrogen-bond donors (Lipinski definition) is 0. The summed E-state index contributed by atoms with van der Waals surface area (Å²) >= 11 is 6.01. The molecule has 0 aliphatic heterocycles. The number of imidazole rings is 1. The van der Waals surface area contributed by atoms with Crippen molar-refractivity contribution in [2.24, 2.45) is 0 Å². The highest BCUT2D eigenvalue weighted by molar-refractivity contribution is 6.17. The van der Waals surface area contributed by atoms with Gasteiger partial charge in [-0.1, -0.05) is 25.3 Å². The first-order valence-electron chi connectivity index (χ1n) is 7.80. The highest BCUT2D eigenvalue weighted by Crippen LogP contribution is 2.39. The minimum Gasteiger partial charge on any atom is -0.494 e. The van der Waals surface area contributed by atoms with Gasteiger partial charge in [-0.25, -0.2) is 4.98 Å². The molecule has 1 heterocycles. The predicted octanol–water partition coefficient (Wildman–Crippen LogP) is 4.51. The van der Waals surface area contributed by atoms with E-state index in [1.165, 1.54) is 37.6 Å². The molecule has 1 fully saturated rings. The lowest BCUT2D eigenvalue weighted by Gasteiger charge is -2.37.